The third kappa shape index (κ3) is 2.59. The summed E-state index contributed by atoms with van der Waals surface area (Å²) in [6, 6.07) is 9.22. The SMILES string of the molecule is C[C@H](Oc1ccccc1)C(=O)O[C@H]1C[C@@H](O)C2CC21. The number of aliphatic hydroxyl groups is 1. The number of rotatable bonds is 4. The molecule has 0 heterocycles. The molecule has 2 aliphatic rings. The second-order valence-electron chi connectivity index (χ2n) is 5.41. The Labute approximate surface area is 112 Å². The maximum absolute atomic E-state index is 11.9. The van der Waals surface area contributed by atoms with Gasteiger partial charge in [-0.25, -0.2) is 4.79 Å². The van der Waals surface area contributed by atoms with Crippen molar-refractivity contribution in [1.82, 2.24) is 0 Å². The van der Waals surface area contributed by atoms with Crippen LogP contribution in [0.4, 0.5) is 0 Å². The molecule has 0 aromatic heterocycles. The lowest BCUT2D eigenvalue weighted by Crippen LogP contribution is -2.30. The molecule has 2 saturated carbocycles. The Morgan fingerprint density at radius 1 is 1.26 bits per heavy atom. The molecule has 0 aliphatic heterocycles. The molecule has 0 saturated heterocycles. The van der Waals surface area contributed by atoms with Crippen LogP contribution in [0, 0.1) is 11.8 Å². The van der Waals surface area contributed by atoms with Gasteiger partial charge >= 0.3 is 5.97 Å². The van der Waals surface area contributed by atoms with E-state index in [1.807, 2.05) is 18.2 Å². The van der Waals surface area contributed by atoms with Gasteiger partial charge in [0.1, 0.15) is 11.9 Å². The summed E-state index contributed by atoms with van der Waals surface area (Å²) in [7, 11) is 0. The van der Waals surface area contributed by atoms with Crippen LogP contribution < -0.4 is 4.74 Å². The summed E-state index contributed by atoms with van der Waals surface area (Å²) >= 11 is 0. The molecular formula is C15H18O4. The summed E-state index contributed by atoms with van der Waals surface area (Å²) in [5, 5.41) is 9.67. The molecule has 0 radical (unpaired) electrons. The van der Waals surface area contributed by atoms with Gasteiger partial charge in [0.15, 0.2) is 6.10 Å². The molecule has 0 amide bonds. The predicted molar refractivity (Wildman–Crippen MR) is 68.6 cm³/mol. The zero-order valence-electron chi connectivity index (χ0n) is 10.9. The Kier molecular flexibility index (Phi) is 3.19. The molecule has 19 heavy (non-hydrogen) atoms. The van der Waals surface area contributed by atoms with Gasteiger partial charge in [-0.2, -0.15) is 0 Å². The lowest BCUT2D eigenvalue weighted by atomic mass is 10.2. The number of ether oxygens (including phenoxy) is 2. The molecule has 4 nitrogen and oxygen atoms in total. The highest BCUT2D eigenvalue weighted by molar-refractivity contribution is 5.75. The average Bonchev–Trinajstić information content (AvgIpc) is 3.13. The van der Waals surface area contributed by atoms with Crippen LogP contribution in [0.5, 0.6) is 5.75 Å². The molecule has 1 aromatic rings. The first-order valence-electron chi connectivity index (χ1n) is 6.75. The zero-order chi connectivity index (χ0) is 13.4. The van der Waals surface area contributed by atoms with E-state index in [4.69, 9.17) is 9.47 Å². The van der Waals surface area contributed by atoms with Gasteiger partial charge in [0, 0.05) is 12.3 Å². The fourth-order valence-corrected chi connectivity index (χ4v) is 2.83. The van der Waals surface area contributed by atoms with Crippen LogP contribution in [0.2, 0.25) is 0 Å². The molecule has 1 aromatic carbocycles. The van der Waals surface area contributed by atoms with Crippen molar-refractivity contribution in [1.29, 1.82) is 0 Å². The second-order valence-corrected chi connectivity index (χ2v) is 5.41. The largest absolute Gasteiger partial charge is 0.479 e. The first-order valence-corrected chi connectivity index (χ1v) is 6.75. The zero-order valence-corrected chi connectivity index (χ0v) is 10.9. The third-order valence-corrected chi connectivity index (χ3v) is 3.99. The molecule has 102 valence electrons. The van der Waals surface area contributed by atoms with Crippen molar-refractivity contribution in [3.63, 3.8) is 0 Å². The van der Waals surface area contributed by atoms with Crippen LogP contribution in [0.15, 0.2) is 30.3 Å². The summed E-state index contributed by atoms with van der Waals surface area (Å²) in [6.07, 6.45) is 0.492. The fourth-order valence-electron chi connectivity index (χ4n) is 2.83. The van der Waals surface area contributed by atoms with Crippen LogP contribution >= 0.6 is 0 Å². The molecule has 4 heteroatoms. The number of hydrogen-bond acceptors (Lipinski definition) is 4. The van der Waals surface area contributed by atoms with E-state index in [1.54, 1.807) is 19.1 Å². The predicted octanol–water partition coefficient (Wildman–Crippen LogP) is 1.77. The molecular weight excluding hydrogens is 244 g/mol. The summed E-state index contributed by atoms with van der Waals surface area (Å²) in [5.74, 6) is 1.02. The van der Waals surface area contributed by atoms with Crippen LogP contribution in [-0.2, 0) is 9.53 Å². The summed E-state index contributed by atoms with van der Waals surface area (Å²) in [4.78, 5) is 11.9. The van der Waals surface area contributed by atoms with E-state index in [1.165, 1.54) is 0 Å². The normalized spacial score (nSPS) is 33.4. The smallest absolute Gasteiger partial charge is 0.347 e. The van der Waals surface area contributed by atoms with E-state index in [9.17, 15) is 9.90 Å². The van der Waals surface area contributed by atoms with Gasteiger partial charge in [-0.3, -0.25) is 0 Å². The topological polar surface area (TPSA) is 55.8 Å². The Hall–Kier alpha value is -1.55. The maximum atomic E-state index is 11.9. The van der Waals surface area contributed by atoms with Crippen LogP contribution in [-0.4, -0.2) is 29.4 Å². The van der Waals surface area contributed by atoms with Crippen molar-refractivity contribution in [3.05, 3.63) is 30.3 Å². The first-order chi connectivity index (χ1) is 9.15. The van der Waals surface area contributed by atoms with E-state index in [0.717, 1.165) is 6.42 Å². The van der Waals surface area contributed by atoms with Crippen molar-refractivity contribution in [3.8, 4) is 5.75 Å². The molecule has 2 aliphatic carbocycles. The van der Waals surface area contributed by atoms with Crippen molar-refractivity contribution in [2.75, 3.05) is 0 Å². The minimum absolute atomic E-state index is 0.130. The fraction of sp³-hybridized carbons (Fsp3) is 0.533. The first kappa shape index (κ1) is 12.5. The van der Waals surface area contributed by atoms with Crippen LogP contribution in [0.3, 0.4) is 0 Å². The highest BCUT2D eigenvalue weighted by Crippen LogP contribution is 2.53. The standard InChI is InChI=1S/C15H18O4/c1-9(18-10-5-3-2-4-6-10)15(17)19-14-8-13(16)11-7-12(11)14/h2-6,9,11-14,16H,7-8H2,1H3/t9-,11?,12?,13+,14-/m0/s1. The van der Waals surface area contributed by atoms with Gasteiger partial charge in [0.2, 0.25) is 0 Å². The van der Waals surface area contributed by atoms with E-state index < -0.39 is 6.10 Å². The van der Waals surface area contributed by atoms with Gasteiger partial charge in [-0.1, -0.05) is 18.2 Å². The number of para-hydroxylation sites is 1. The average molecular weight is 262 g/mol. The van der Waals surface area contributed by atoms with Gasteiger partial charge in [-0.05, 0) is 31.4 Å². The summed E-state index contributed by atoms with van der Waals surface area (Å²) in [6.45, 7) is 1.69. The molecule has 0 spiro atoms. The number of hydrogen-bond donors (Lipinski definition) is 1. The Bertz CT molecular complexity index is 458. The van der Waals surface area contributed by atoms with Crippen LogP contribution in [0.25, 0.3) is 0 Å². The third-order valence-electron chi connectivity index (χ3n) is 3.99. The minimum atomic E-state index is -0.627. The quantitative estimate of drug-likeness (QED) is 0.840. The highest BCUT2D eigenvalue weighted by atomic mass is 16.6. The number of esters is 1. The van der Waals surface area contributed by atoms with Crippen molar-refractivity contribution in [2.45, 2.75) is 38.1 Å². The summed E-state index contributed by atoms with van der Waals surface area (Å²) in [5.41, 5.74) is 0. The summed E-state index contributed by atoms with van der Waals surface area (Å²) < 4.78 is 11.0. The van der Waals surface area contributed by atoms with Gasteiger partial charge in [0.25, 0.3) is 0 Å². The van der Waals surface area contributed by atoms with E-state index in [2.05, 4.69) is 0 Å². The number of carbonyl (C=O) groups is 1. The van der Waals surface area contributed by atoms with Gasteiger partial charge in [-0.15, -0.1) is 0 Å². The Morgan fingerprint density at radius 3 is 2.58 bits per heavy atom. The molecule has 3 rings (SSSR count). The number of carbonyl (C=O) groups excluding carboxylic acids is 1. The molecule has 1 N–H and O–H groups in total. The van der Waals surface area contributed by atoms with Crippen molar-refractivity contribution in [2.24, 2.45) is 11.8 Å². The lowest BCUT2D eigenvalue weighted by Gasteiger charge is -2.18. The Morgan fingerprint density at radius 2 is 2.00 bits per heavy atom. The van der Waals surface area contributed by atoms with E-state index in [0.29, 0.717) is 24.0 Å². The molecule has 0 bridgehead atoms. The highest BCUT2D eigenvalue weighted by Gasteiger charge is 2.55. The monoisotopic (exact) mass is 262 g/mol. The van der Waals surface area contributed by atoms with Gasteiger partial charge in [0.05, 0.1) is 6.10 Å². The molecule has 5 atom stereocenters. The minimum Gasteiger partial charge on any atom is -0.479 e. The molecule has 2 fully saturated rings. The number of fused-ring (bicyclic) bond motifs is 1. The number of benzene rings is 1. The maximum Gasteiger partial charge on any atom is 0.347 e. The second kappa shape index (κ2) is 4.85. The van der Waals surface area contributed by atoms with Crippen molar-refractivity contribution < 1.29 is 19.4 Å². The lowest BCUT2D eigenvalue weighted by molar-refractivity contribution is -0.157. The van der Waals surface area contributed by atoms with Crippen LogP contribution in [0.1, 0.15) is 19.8 Å². The Balaban J connectivity index is 1.53. The van der Waals surface area contributed by atoms with Crippen molar-refractivity contribution >= 4 is 5.97 Å². The van der Waals surface area contributed by atoms with Gasteiger partial charge < -0.3 is 14.6 Å². The van der Waals surface area contributed by atoms with E-state index in [-0.39, 0.29) is 18.2 Å². The van der Waals surface area contributed by atoms with E-state index >= 15 is 0 Å². The molecule has 2 unspecified atom stereocenters. The number of aliphatic hydroxyl groups excluding tert-OH is 1.